The second-order valence-electron chi connectivity index (χ2n) is 10.5. The molecule has 0 amide bonds. The van der Waals surface area contributed by atoms with E-state index in [1.54, 1.807) is 86.1 Å². The van der Waals surface area contributed by atoms with Gasteiger partial charge in [-0.15, -0.1) is 0 Å². The number of fused-ring (bicyclic) bond motifs is 5. The van der Waals surface area contributed by atoms with E-state index in [4.69, 9.17) is 14.6 Å². The number of rotatable bonds is 5. The van der Waals surface area contributed by atoms with Crippen LogP contribution in [0.15, 0.2) is 102 Å². The highest BCUT2D eigenvalue weighted by atomic mass is 16.5. The van der Waals surface area contributed by atoms with E-state index in [1.807, 2.05) is 36.4 Å². The van der Waals surface area contributed by atoms with Gasteiger partial charge in [0.15, 0.2) is 17.3 Å². The van der Waals surface area contributed by atoms with Crippen molar-refractivity contribution in [2.24, 2.45) is 10.5 Å². The molecular formula is C34H26N2O5. The van der Waals surface area contributed by atoms with Crippen molar-refractivity contribution < 1.29 is 23.9 Å². The van der Waals surface area contributed by atoms with Gasteiger partial charge in [-0.2, -0.15) is 5.10 Å². The monoisotopic (exact) mass is 542 g/mol. The van der Waals surface area contributed by atoms with Gasteiger partial charge in [-0.05, 0) is 53.1 Å². The highest BCUT2D eigenvalue weighted by Crippen LogP contribution is 2.64. The average molecular weight is 543 g/mol. The Labute approximate surface area is 237 Å². The Hall–Kier alpha value is -5.04. The first-order valence-electron chi connectivity index (χ1n) is 13.4. The number of carbonyl (C=O) groups excluding carboxylic acids is 3. The van der Waals surface area contributed by atoms with Crippen LogP contribution in [0.5, 0.6) is 11.5 Å². The first-order valence-corrected chi connectivity index (χ1v) is 13.4. The van der Waals surface area contributed by atoms with E-state index in [2.05, 4.69) is 0 Å². The summed E-state index contributed by atoms with van der Waals surface area (Å²) < 4.78 is 10.7. The molecule has 7 heteroatoms. The van der Waals surface area contributed by atoms with Crippen LogP contribution in [0.2, 0.25) is 0 Å². The molecule has 4 aromatic carbocycles. The molecule has 0 N–H and O–H groups in total. The lowest BCUT2D eigenvalue weighted by molar-refractivity contribution is 0.0586. The Bertz CT molecular complexity index is 1710. The van der Waals surface area contributed by atoms with E-state index in [9.17, 15) is 14.4 Å². The number of nitrogens with zero attached hydrogens (tertiary/aromatic N) is 2. The third kappa shape index (κ3) is 3.38. The maximum absolute atomic E-state index is 14.7. The van der Waals surface area contributed by atoms with E-state index < -0.39 is 23.4 Å². The van der Waals surface area contributed by atoms with E-state index in [0.717, 1.165) is 11.1 Å². The van der Waals surface area contributed by atoms with Crippen molar-refractivity contribution in [3.05, 3.63) is 130 Å². The number of benzene rings is 4. The van der Waals surface area contributed by atoms with Gasteiger partial charge in [0.25, 0.3) is 0 Å². The smallest absolute Gasteiger partial charge is 0.187 e. The van der Waals surface area contributed by atoms with E-state index in [1.165, 1.54) is 0 Å². The van der Waals surface area contributed by atoms with Gasteiger partial charge in [0.2, 0.25) is 0 Å². The predicted octanol–water partition coefficient (Wildman–Crippen LogP) is 5.51. The summed E-state index contributed by atoms with van der Waals surface area (Å²) in [6.07, 6.45) is 1.71. The van der Waals surface area contributed by atoms with Crippen molar-refractivity contribution in [2.75, 3.05) is 14.2 Å². The summed E-state index contributed by atoms with van der Waals surface area (Å²) in [5.74, 6) is -0.383. The molecule has 0 aromatic heterocycles. The zero-order valence-electron chi connectivity index (χ0n) is 22.5. The summed E-state index contributed by atoms with van der Waals surface area (Å²) in [5, 5.41) is 6.49. The number of hydrogen-bond acceptors (Lipinski definition) is 7. The third-order valence-electron chi connectivity index (χ3n) is 8.69. The van der Waals surface area contributed by atoms with Crippen molar-refractivity contribution in [1.82, 2.24) is 5.01 Å². The molecule has 2 aliphatic heterocycles. The predicted molar refractivity (Wildman–Crippen MR) is 153 cm³/mol. The van der Waals surface area contributed by atoms with E-state index in [-0.39, 0.29) is 17.3 Å². The van der Waals surface area contributed by atoms with Crippen molar-refractivity contribution >= 4 is 23.6 Å². The standard InChI is InChI=1S/C34H26N2O5/c1-40-23-15-11-20(12-16-23)28-29(30(37)21-13-17-24(41-2)18-14-21)36-31(25-8-4-3-7-22(25)19-35-36)34(28)32(38)26-9-5-6-10-27(26)33(34)39/h3-19,28-29,31H,1-2H3/t28-,29+,31-/m0/s1. The van der Waals surface area contributed by atoms with Crippen LogP contribution < -0.4 is 9.47 Å². The van der Waals surface area contributed by atoms with Crippen LogP contribution in [0, 0.1) is 5.41 Å². The van der Waals surface area contributed by atoms with Gasteiger partial charge < -0.3 is 9.47 Å². The Morgan fingerprint density at radius 2 is 1.32 bits per heavy atom. The quantitative estimate of drug-likeness (QED) is 0.244. The Morgan fingerprint density at radius 3 is 1.93 bits per heavy atom. The molecule has 0 unspecified atom stereocenters. The highest BCUT2D eigenvalue weighted by molar-refractivity contribution is 6.31. The molecule has 202 valence electrons. The third-order valence-corrected chi connectivity index (χ3v) is 8.69. The minimum Gasteiger partial charge on any atom is -0.497 e. The fraction of sp³-hybridized carbons (Fsp3) is 0.176. The van der Waals surface area contributed by atoms with Gasteiger partial charge >= 0.3 is 0 Å². The number of hydrazone groups is 1. The first kappa shape index (κ1) is 25.0. The Balaban J connectivity index is 1.52. The second kappa shape index (κ2) is 9.27. The van der Waals surface area contributed by atoms with Gasteiger partial charge in [0, 0.05) is 22.6 Å². The van der Waals surface area contributed by atoms with Gasteiger partial charge in [-0.25, -0.2) is 0 Å². The maximum Gasteiger partial charge on any atom is 0.187 e. The minimum absolute atomic E-state index is 0.233. The molecule has 1 aliphatic carbocycles. The van der Waals surface area contributed by atoms with Gasteiger partial charge in [-0.1, -0.05) is 60.7 Å². The van der Waals surface area contributed by atoms with Crippen LogP contribution in [-0.2, 0) is 0 Å². The zero-order chi connectivity index (χ0) is 28.3. The van der Waals surface area contributed by atoms with Gasteiger partial charge in [0.1, 0.15) is 23.0 Å². The lowest BCUT2D eigenvalue weighted by Crippen LogP contribution is -2.43. The van der Waals surface area contributed by atoms with Crippen molar-refractivity contribution in [1.29, 1.82) is 0 Å². The molecule has 4 aromatic rings. The average Bonchev–Trinajstić information content (AvgIpc) is 3.47. The Morgan fingerprint density at radius 1 is 0.756 bits per heavy atom. The highest BCUT2D eigenvalue weighted by Gasteiger charge is 2.72. The summed E-state index contributed by atoms with van der Waals surface area (Å²) in [4.78, 5) is 44.0. The molecule has 1 saturated heterocycles. The molecule has 1 fully saturated rings. The first-order chi connectivity index (χ1) is 20.0. The summed E-state index contributed by atoms with van der Waals surface area (Å²) in [7, 11) is 3.14. The van der Waals surface area contributed by atoms with Crippen LogP contribution >= 0.6 is 0 Å². The van der Waals surface area contributed by atoms with Crippen molar-refractivity contribution in [2.45, 2.75) is 18.0 Å². The molecular weight excluding hydrogens is 516 g/mol. The fourth-order valence-electron chi connectivity index (χ4n) is 6.89. The number of hydrogen-bond donors (Lipinski definition) is 0. The number of ketones is 3. The van der Waals surface area contributed by atoms with Crippen LogP contribution in [0.25, 0.3) is 0 Å². The molecule has 0 bridgehead atoms. The van der Waals surface area contributed by atoms with Crippen molar-refractivity contribution in [3.8, 4) is 11.5 Å². The van der Waals surface area contributed by atoms with Crippen LogP contribution in [0.3, 0.4) is 0 Å². The molecule has 1 spiro atoms. The minimum atomic E-state index is -1.61. The molecule has 3 aliphatic rings. The molecule has 0 saturated carbocycles. The molecule has 41 heavy (non-hydrogen) atoms. The van der Waals surface area contributed by atoms with Crippen LogP contribution in [0.1, 0.15) is 59.7 Å². The maximum atomic E-state index is 14.7. The van der Waals surface area contributed by atoms with Crippen molar-refractivity contribution in [3.63, 3.8) is 0 Å². The summed E-state index contributed by atoms with van der Waals surface area (Å²) in [5.41, 5.74) is 1.88. The SMILES string of the molecule is COc1ccc(C(=O)[C@H]2[C@H](c3ccc(OC)cc3)C3(C(=O)c4ccccc4C3=O)[C@@H]3c4ccccc4C=NN32)cc1. The molecule has 0 radical (unpaired) electrons. The summed E-state index contributed by atoms with van der Waals surface area (Å²) in [6.45, 7) is 0. The molecule has 2 heterocycles. The lowest BCUT2D eigenvalue weighted by Gasteiger charge is -2.36. The normalized spacial score (nSPS) is 21.4. The fourth-order valence-corrected chi connectivity index (χ4v) is 6.89. The second-order valence-corrected chi connectivity index (χ2v) is 10.5. The summed E-state index contributed by atoms with van der Waals surface area (Å²) >= 11 is 0. The molecule has 7 rings (SSSR count). The number of methoxy groups -OCH3 is 2. The summed E-state index contributed by atoms with van der Waals surface area (Å²) in [6, 6.07) is 27.0. The Kier molecular flexibility index (Phi) is 5.64. The van der Waals surface area contributed by atoms with E-state index >= 15 is 0 Å². The van der Waals surface area contributed by atoms with E-state index in [0.29, 0.717) is 33.8 Å². The largest absolute Gasteiger partial charge is 0.497 e. The zero-order valence-corrected chi connectivity index (χ0v) is 22.5. The lowest BCUT2D eigenvalue weighted by atomic mass is 9.63. The number of ether oxygens (including phenoxy) is 2. The number of Topliss-reactive ketones (excluding diaryl/α,β-unsaturated/α-hetero) is 3. The van der Waals surface area contributed by atoms with Crippen LogP contribution in [-0.4, -0.2) is 48.8 Å². The molecule has 7 nitrogen and oxygen atoms in total. The number of carbonyl (C=O) groups is 3. The van der Waals surface area contributed by atoms with Gasteiger partial charge in [0.05, 0.1) is 26.5 Å². The topological polar surface area (TPSA) is 85.3 Å². The van der Waals surface area contributed by atoms with Gasteiger partial charge in [-0.3, -0.25) is 19.4 Å². The molecule has 3 atom stereocenters. The van der Waals surface area contributed by atoms with Crippen LogP contribution in [0.4, 0.5) is 0 Å².